The van der Waals surface area contributed by atoms with Gasteiger partial charge in [-0.1, -0.05) is 78.4 Å². The lowest BCUT2D eigenvalue weighted by Crippen LogP contribution is -2.69. The fourth-order valence-electron chi connectivity index (χ4n) is 4.59. The molecule has 1 unspecified atom stereocenters. The van der Waals surface area contributed by atoms with Crippen molar-refractivity contribution in [1.29, 1.82) is 0 Å². The molecule has 2 aliphatic rings. The van der Waals surface area contributed by atoms with Crippen LogP contribution >= 0.6 is 0 Å². The van der Waals surface area contributed by atoms with E-state index in [4.69, 9.17) is 17.6 Å². The lowest BCUT2D eigenvalue weighted by atomic mass is 10.0. The van der Waals surface area contributed by atoms with Crippen LogP contribution in [0.2, 0.25) is 0 Å². The van der Waals surface area contributed by atoms with Gasteiger partial charge in [0, 0.05) is 12.6 Å². The second-order valence-electron chi connectivity index (χ2n) is 8.85. The van der Waals surface area contributed by atoms with Gasteiger partial charge in [0.15, 0.2) is 0 Å². The highest BCUT2D eigenvalue weighted by atomic mass is 16.5. The number of hydrazine groups is 1. The molecular formula is C30H29N5O4. The van der Waals surface area contributed by atoms with Crippen molar-refractivity contribution >= 4 is 17.8 Å². The topological polar surface area (TPSA) is 85.4 Å². The molecule has 4 amide bonds. The van der Waals surface area contributed by atoms with Crippen LogP contribution in [0.4, 0.5) is 4.79 Å². The van der Waals surface area contributed by atoms with Gasteiger partial charge in [-0.15, -0.1) is 12.8 Å². The zero-order chi connectivity index (χ0) is 27.6. The fraction of sp³-hybridized carbons (Fsp3) is 0.300. The Morgan fingerprint density at radius 3 is 2.46 bits per heavy atom. The molecule has 0 radical (unpaired) electrons. The number of nitrogens with zero attached hydrogens (tertiary/aromatic N) is 4. The van der Waals surface area contributed by atoms with Crippen molar-refractivity contribution < 1.29 is 19.1 Å². The maximum Gasteiger partial charge on any atom is 0.334 e. The molecule has 9 heteroatoms. The summed E-state index contributed by atoms with van der Waals surface area (Å²) < 4.78 is 5.36. The van der Waals surface area contributed by atoms with Gasteiger partial charge in [-0.3, -0.25) is 14.5 Å². The van der Waals surface area contributed by atoms with Gasteiger partial charge in [-0.05, 0) is 11.1 Å². The van der Waals surface area contributed by atoms with E-state index in [1.807, 2.05) is 36.4 Å². The van der Waals surface area contributed by atoms with Crippen molar-refractivity contribution in [3.8, 4) is 36.7 Å². The number of hydrogen-bond acceptors (Lipinski definition) is 5. The number of fused-ring (bicyclic) bond motifs is 1. The molecule has 2 heterocycles. The molecule has 2 atom stereocenters. The number of ether oxygens (including phenoxy) is 1. The van der Waals surface area contributed by atoms with Gasteiger partial charge in [0.25, 0.3) is 5.91 Å². The molecule has 2 aromatic rings. The minimum Gasteiger partial charge on any atom is -0.367 e. The Morgan fingerprint density at radius 2 is 1.77 bits per heavy atom. The van der Waals surface area contributed by atoms with Crippen LogP contribution in [0.3, 0.4) is 0 Å². The summed E-state index contributed by atoms with van der Waals surface area (Å²) in [5.74, 6) is 7.17. The van der Waals surface area contributed by atoms with Crippen LogP contribution in [0, 0.1) is 36.7 Å². The standard InChI is InChI=1S/C30H29N5O4/c1-3-17-33-23-27(36)34-26(35(33)30(38)31-22-24-12-7-5-8-13-24)16-11-18-32(19-21-39-20-4-2)29(37)28(34)25-14-9-6-10-15-25/h1-2,5-10,12-15,26,28H,16-17,19-23H2,(H,31,38)/t26?,28-/m0/s1. The molecule has 2 aliphatic heterocycles. The van der Waals surface area contributed by atoms with Gasteiger partial charge >= 0.3 is 6.03 Å². The SMILES string of the molecule is C#CCOCCN1C#CCC2N(C(=O)CN(CC#C)N2C(=O)NCc2ccccc2)[C@@H](c2ccccc2)C1=O. The van der Waals surface area contributed by atoms with Gasteiger partial charge in [0.2, 0.25) is 5.91 Å². The van der Waals surface area contributed by atoms with Gasteiger partial charge in [-0.2, -0.15) is 5.01 Å². The van der Waals surface area contributed by atoms with Crippen molar-refractivity contribution in [2.75, 3.05) is 32.8 Å². The molecule has 0 aromatic heterocycles. The monoisotopic (exact) mass is 523 g/mol. The van der Waals surface area contributed by atoms with E-state index in [0.717, 1.165) is 5.56 Å². The average molecular weight is 524 g/mol. The number of carbonyl (C=O) groups is 3. The molecule has 1 saturated heterocycles. The molecule has 39 heavy (non-hydrogen) atoms. The van der Waals surface area contributed by atoms with Crippen LogP contribution in [0.5, 0.6) is 0 Å². The van der Waals surface area contributed by atoms with E-state index >= 15 is 0 Å². The number of rotatable bonds is 8. The summed E-state index contributed by atoms with van der Waals surface area (Å²) in [5, 5.41) is 5.86. The van der Waals surface area contributed by atoms with E-state index in [-0.39, 0.29) is 51.7 Å². The summed E-state index contributed by atoms with van der Waals surface area (Å²) in [5.41, 5.74) is 1.52. The van der Waals surface area contributed by atoms with E-state index in [1.54, 1.807) is 24.3 Å². The van der Waals surface area contributed by atoms with Crippen molar-refractivity contribution in [3.63, 3.8) is 0 Å². The summed E-state index contributed by atoms with van der Waals surface area (Å²) in [6, 6.07) is 19.9. The summed E-state index contributed by atoms with van der Waals surface area (Å²) in [6.07, 6.45) is 10.1. The molecule has 2 aromatic carbocycles. The fourth-order valence-corrected chi connectivity index (χ4v) is 4.59. The third-order valence-corrected chi connectivity index (χ3v) is 6.32. The van der Waals surface area contributed by atoms with Crippen LogP contribution in [-0.4, -0.2) is 76.7 Å². The Bertz CT molecular complexity index is 1320. The largest absolute Gasteiger partial charge is 0.367 e. The average Bonchev–Trinajstić information content (AvgIpc) is 2.95. The second-order valence-corrected chi connectivity index (χ2v) is 8.85. The van der Waals surface area contributed by atoms with Crippen molar-refractivity contribution in [3.05, 3.63) is 71.8 Å². The van der Waals surface area contributed by atoms with Crippen molar-refractivity contribution in [2.45, 2.75) is 25.2 Å². The Morgan fingerprint density at radius 1 is 1.05 bits per heavy atom. The maximum atomic E-state index is 13.9. The number of hydrogen-bond donors (Lipinski definition) is 1. The van der Waals surface area contributed by atoms with Crippen LogP contribution in [0.25, 0.3) is 0 Å². The first kappa shape index (κ1) is 27.3. The summed E-state index contributed by atoms with van der Waals surface area (Å²) >= 11 is 0. The number of nitrogens with one attached hydrogen (secondary N) is 1. The molecule has 0 saturated carbocycles. The normalized spacial score (nSPS) is 19.1. The van der Waals surface area contributed by atoms with Gasteiger partial charge in [0.1, 0.15) is 18.8 Å². The van der Waals surface area contributed by atoms with Crippen molar-refractivity contribution in [1.82, 2.24) is 25.1 Å². The first-order chi connectivity index (χ1) is 19.0. The molecular weight excluding hydrogens is 494 g/mol. The van der Waals surface area contributed by atoms with E-state index in [0.29, 0.717) is 5.56 Å². The van der Waals surface area contributed by atoms with Crippen molar-refractivity contribution in [2.24, 2.45) is 0 Å². The molecule has 1 N–H and O–H groups in total. The highest BCUT2D eigenvalue weighted by Crippen LogP contribution is 2.32. The number of urea groups is 1. The molecule has 4 rings (SSSR count). The van der Waals surface area contributed by atoms with E-state index in [9.17, 15) is 14.4 Å². The van der Waals surface area contributed by atoms with Gasteiger partial charge < -0.3 is 15.0 Å². The minimum absolute atomic E-state index is 0.0326. The Hall–Kier alpha value is -4.75. The smallest absolute Gasteiger partial charge is 0.334 e. The second kappa shape index (κ2) is 13.2. The van der Waals surface area contributed by atoms with Crippen LogP contribution < -0.4 is 5.32 Å². The van der Waals surface area contributed by atoms with E-state index in [2.05, 4.69) is 29.1 Å². The Labute approximate surface area is 228 Å². The third-order valence-electron chi connectivity index (χ3n) is 6.32. The Balaban J connectivity index is 1.70. The molecule has 0 spiro atoms. The summed E-state index contributed by atoms with van der Waals surface area (Å²) in [7, 11) is 0. The molecule has 0 bridgehead atoms. The molecule has 0 aliphatic carbocycles. The minimum atomic E-state index is -1.01. The summed E-state index contributed by atoms with van der Waals surface area (Å²) in [6.45, 7) is 0.613. The zero-order valence-corrected chi connectivity index (χ0v) is 21.5. The van der Waals surface area contributed by atoms with E-state index in [1.165, 1.54) is 19.8 Å². The number of benzene rings is 2. The molecule has 9 nitrogen and oxygen atoms in total. The third kappa shape index (κ3) is 6.40. The molecule has 1 fully saturated rings. The van der Waals surface area contributed by atoms with E-state index < -0.39 is 24.1 Å². The first-order valence-corrected chi connectivity index (χ1v) is 12.5. The number of terminal acetylenes is 2. The van der Waals surface area contributed by atoms with Crippen LogP contribution in [0.15, 0.2) is 60.7 Å². The first-order valence-electron chi connectivity index (χ1n) is 12.5. The van der Waals surface area contributed by atoms with Gasteiger partial charge in [0.05, 0.1) is 32.7 Å². The Kier molecular flexibility index (Phi) is 9.21. The number of carbonyl (C=O) groups excluding carboxylic acids is 3. The number of amides is 4. The lowest BCUT2D eigenvalue weighted by molar-refractivity contribution is -0.175. The predicted octanol–water partition coefficient (Wildman–Crippen LogP) is 1.80. The predicted molar refractivity (Wildman–Crippen MR) is 144 cm³/mol. The highest BCUT2D eigenvalue weighted by molar-refractivity contribution is 5.92. The lowest BCUT2D eigenvalue weighted by Gasteiger charge is -2.50. The summed E-state index contributed by atoms with van der Waals surface area (Å²) in [4.78, 5) is 44.0. The molecule has 198 valence electrons. The van der Waals surface area contributed by atoms with Crippen LogP contribution in [-0.2, 0) is 20.9 Å². The maximum absolute atomic E-state index is 13.9. The highest BCUT2D eigenvalue weighted by Gasteiger charge is 2.48. The quantitative estimate of drug-likeness (QED) is 0.422. The zero-order valence-electron chi connectivity index (χ0n) is 21.5. The van der Waals surface area contributed by atoms with Crippen LogP contribution in [0.1, 0.15) is 23.6 Å². The van der Waals surface area contributed by atoms with Gasteiger partial charge in [-0.25, -0.2) is 9.80 Å².